The summed E-state index contributed by atoms with van der Waals surface area (Å²) < 4.78 is 26.6. The van der Waals surface area contributed by atoms with E-state index in [1.807, 2.05) is 25.1 Å². The normalized spacial score (nSPS) is 10.9. The van der Waals surface area contributed by atoms with Crippen LogP contribution in [0.4, 0.5) is 15.8 Å². The first-order chi connectivity index (χ1) is 21.3. The maximum Gasteiger partial charge on any atom is 0.267 e. The zero-order valence-electron chi connectivity index (χ0n) is 23.5. The smallest absolute Gasteiger partial charge is 0.267 e. The summed E-state index contributed by atoms with van der Waals surface area (Å²) in [6, 6.07) is 22.3. The Kier molecular flexibility index (Phi) is 7.42. The maximum atomic E-state index is 13.3. The molecule has 0 aliphatic rings. The average Bonchev–Trinajstić information content (AvgIpc) is 3.35. The molecule has 6 aromatic rings. The van der Waals surface area contributed by atoms with E-state index >= 15 is 0 Å². The minimum atomic E-state index is -0.599. The SMILES string of the molecule is CC(=O)Nc1cccc(-c2c(C)oc3ncnc(Oc4ccc(NC(=O)c5cccn(-c6ccc(F)cc6)c5=O)cc4)c23)c1. The second-order valence-electron chi connectivity index (χ2n) is 9.81. The van der Waals surface area contributed by atoms with Crippen molar-refractivity contribution in [3.05, 3.63) is 125 Å². The van der Waals surface area contributed by atoms with Gasteiger partial charge in [-0.3, -0.25) is 19.0 Å². The van der Waals surface area contributed by atoms with Gasteiger partial charge in [0.15, 0.2) is 0 Å². The van der Waals surface area contributed by atoms with Gasteiger partial charge < -0.3 is 19.8 Å². The number of fused-ring (bicyclic) bond motifs is 1. The molecule has 10 nitrogen and oxygen atoms in total. The maximum absolute atomic E-state index is 13.3. The van der Waals surface area contributed by atoms with Gasteiger partial charge in [0.05, 0.1) is 0 Å². The average molecular weight is 590 g/mol. The van der Waals surface area contributed by atoms with E-state index in [0.717, 1.165) is 11.1 Å². The molecule has 0 fully saturated rings. The van der Waals surface area contributed by atoms with Crippen LogP contribution in [0.15, 0.2) is 107 Å². The number of aryl methyl sites for hydroxylation is 1. The highest BCUT2D eigenvalue weighted by Gasteiger charge is 2.21. The van der Waals surface area contributed by atoms with Crippen LogP contribution in [-0.4, -0.2) is 26.3 Å². The van der Waals surface area contributed by atoms with E-state index in [1.54, 1.807) is 36.4 Å². The Labute approximate surface area is 249 Å². The minimum Gasteiger partial charge on any atom is -0.442 e. The molecule has 44 heavy (non-hydrogen) atoms. The number of hydrogen-bond acceptors (Lipinski definition) is 7. The van der Waals surface area contributed by atoms with Gasteiger partial charge in [0.2, 0.25) is 17.5 Å². The Balaban J connectivity index is 1.24. The quantitative estimate of drug-likeness (QED) is 0.218. The second kappa shape index (κ2) is 11.6. The molecule has 0 aliphatic carbocycles. The van der Waals surface area contributed by atoms with Crippen LogP contribution in [0, 0.1) is 12.7 Å². The summed E-state index contributed by atoms with van der Waals surface area (Å²) in [6.45, 7) is 3.25. The lowest BCUT2D eigenvalue weighted by Crippen LogP contribution is -2.27. The van der Waals surface area contributed by atoms with Crippen LogP contribution in [0.3, 0.4) is 0 Å². The monoisotopic (exact) mass is 589 g/mol. The minimum absolute atomic E-state index is 0.0778. The van der Waals surface area contributed by atoms with Crippen molar-refractivity contribution in [2.24, 2.45) is 0 Å². The third-order valence-corrected chi connectivity index (χ3v) is 6.72. The van der Waals surface area contributed by atoms with Crippen LogP contribution < -0.4 is 20.9 Å². The van der Waals surface area contributed by atoms with Gasteiger partial charge >= 0.3 is 0 Å². The number of pyridine rings is 1. The Morgan fingerprint density at radius 1 is 0.909 bits per heavy atom. The molecule has 0 saturated heterocycles. The molecule has 2 amide bonds. The number of nitrogens with one attached hydrogen (secondary N) is 2. The fourth-order valence-electron chi connectivity index (χ4n) is 4.79. The summed E-state index contributed by atoms with van der Waals surface area (Å²) in [6.07, 6.45) is 2.85. The fraction of sp³-hybridized carbons (Fsp3) is 0.0606. The van der Waals surface area contributed by atoms with Crippen LogP contribution in [0.5, 0.6) is 11.6 Å². The lowest BCUT2D eigenvalue weighted by atomic mass is 10.0. The van der Waals surface area contributed by atoms with E-state index in [2.05, 4.69) is 20.6 Å². The molecule has 6 rings (SSSR count). The molecule has 0 radical (unpaired) electrons. The van der Waals surface area contributed by atoms with Gasteiger partial charge in [-0.15, -0.1) is 0 Å². The number of aromatic nitrogens is 3. The highest BCUT2D eigenvalue weighted by atomic mass is 19.1. The Morgan fingerprint density at radius 3 is 2.43 bits per heavy atom. The van der Waals surface area contributed by atoms with Crippen molar-refractivity contribution in [3.8, 4) is 28.4 Å². The number of rotatable bonds is 7. The molecule has 3 aromatic carbocycles. The van der Waals surface area contributed by atoms with E-state index in [1.165, 1.54) is 54.3 Å². The van der Waals surface area contributed by atoms with Crippen molar-refractivity contribution in [1.29, 1.82) is 0 Å². The topological polar surface area (TPSA) is 128 Å². The van der Waals surface area contributed by atoms with Crippen molar-refractivity contribution < 1.29 is 23.1 Å². The zero-order valence-corrected chi connectivity index (χ0v) is 23.5. The first-order valence-corrected chi connectivity index (χ1v) is 13.5. The largest absolute Gasteiger partial charge is 0.442 e. The summed E-state index contributed by atoms with van der Waals surface area (Å²) in [4.78, 5) is 46.2. The van der Waals surface area contributed by atoms with E-state index in [4.69, 9.17) is 9.15 Å². The lowest BCUT2D eigenvalue weighted by Gasteiger charge is -2.10. The van der Waals surface area contributed by atoms with E-state index < -0.39 is 17.3 Å². The number of furan rings is 1. The molecule has 3 heterocycles. The van der Waals surface area contributed by atoms with Crippen molar-refractivity contribution in [2.45, 2.75) is 13.8 Å². The van der Waals surface area contributed by atoms with Crippen molar-refractivity contribution in [3.63, 3.8) is 0 Å². The van der Waals surface area contributed by atoms with Gasteiger partial charge in [-0.1, -0.05) is 12.1 Å². The third-order valence-electron chi connectivity index (χ3n) is 6.72. The Morgan fingerprint density at radius 2 is 1.68 bits per heavy atom. The summed E-state index contributed by atoms with van der Waals surface area (Å²) in [5.41, 5.74) is 2.72. The molecular weight excluding hydrogens is 565 g/mol. The molecule has 0 aliphatic heterocycles. The number of hydrogen-bond donors (Lipinski definition) is 2. The third kappa shape index (κ3) is 5.66. The molecule has 3 aromatic heterocycles. The molecule has 0 atom stereocenters. The van der Waals surface area contributed by atoms with Gasteiger partial charge in [-0.2, -0.15) is 0 Å². The Bertz CT molecular complexity index is 2090. The molecule has 2 N–H and O–H groups in total. The number of halogens is 1. The van der Waals surface area contributed by atoms with Crippen LogP contribution in [0.25, 0.3) is 27.9 Å². The van der Waals surface area contributed by atoms with Crippen molar-refractivity contribution >= 4 is 34.3 Å². The molecule has 0 saturated carbocycles. The zero-order chi connectivity index (χ0) is 30.8. The predicted molar refractivity (Wildman–Crippen MR) is 163 cm³/mol. The fourth-order valence-corrected chi connectivity index (χ4v) is 4.79. The van der Waals surface area contributed by atoms with Crippen LogP contribution in [0.2, 0.25) is 0 Å². The Hall–Kier alpha value is -6.10. The number of nitrogens with zero attached hydrogens (tertiary/aromatic N) is 3. The van der Waals surface area contributed by atoms with Crippen LogP contribution >= 0.6 is 0 Å². The first kappa shape index (κ1) is 28.0. The van der Waals surface area contributed by atoms with Gasteiger partial charge in [-0.05, 0) is 85.3 Å². The predicted octanol–water partition coefficient (Wildman–Crippen LogP) is 6.49. The molecule has 11 heteroatoms. The van der Waals surface area contributed by atoms with Crippen molar-refractivity contribution in [2.75, 3.05) is 10.6 Å². The molecule has 0 bridgehead atoms. The van der Waals surface area contributed by atoms with Crippen molar-refractivity contribution in [1.82, 2.24) is 14.5 Å². The number of carbonyl (C=O) groups is 2. The summed E-state index contributed by atoms with van der Waals surface area (Å²) >= 11 is 0. The van der Waals surface area contributed by atoms with Gasteiger partial charge in [0.25, 0.3) is 11.5 Å². The van der Waals surface area contributed by atoms with E-state index in [-0.39, 0.29) is 17.4 Å². The summed E-state index contributed by atoms with van der Waals surface area (Å²) in [7, 11) is 0. The summed E-state index contributed by atoms with van der Waals surface area (Å²) in [5, 5.41) is 6.06. The van der Waals surface area contributed by atoms with Crippen LogP contribution in [0.1, 0.15) is 23.0 Å². The molecule has 218 valence electrons. The molecular formula is C33H24FN5O5. The first-order valence-electron chi connectivity index (χ1n) is 13.5. The highest BCUT2D eigenvalue weighted by molar-refractivity contribution is 6.04. The highest BCUT2D eigenvalue weighted by Crippen LogP contribution is 2.40. The summed E-state index contributed by atoms with van der Waals surface area (Å²) in [5.74, 6) is 0.0719. The number of carbonyl (C=O) groups excluding carboxylic acids is 2. The number of ether oxygens (including phenoxy) is 1. The van der Waals surface area contributed by atoms with Gasteiger partial charge in [0, 0.05) is 35.7 Å². The number of benzene rings is 3. The number of anilines is 2. The standard InChI is InChI=1S/C33H24FN5O5/c1-19-28(21-5-3-6-24(17-21)37-20(2)40)29-31(43-19)35-18-36-32(29)44-26-14-10-23(11-15-26)38-30(41)27-7-4-16-39(33(27)42)25-12-8-22(34)9-13-25/h3-18H,1-2H3,(H,37,40)(H,38,41). The van der Waals surface area contributed by atoms with E-state index in [9.17, 15) is 18.8 Å². The number of amides is 2. The van der Waals surface area contributed by atoms with Gasteiger partial charge in [-0.25, -0.2) is 14.4 Å². The second-order valence-corrected chi connectivity index (χ2v) is 9.81. The molecule has 0 unspecified atom stereocenters. The van der Waals surface area contributed by atoms with Gasteiger partial charge in [0.1, 0.15) is 34.6 Å². The van der Waals surface area contributed by atoms with E-state index in [0.29, 0.717) is 39.7 Å². The van der Waals surface area contributed by atoms with Crippen LogP contribution in [-0.2, 0) is 4.79 Å². The lowest BCUT2D eigenvalue weighted by molar-refractivity contribution is -0.114. The molecule has 0 spiro atoms.